The molecule has 0 atom stereocenters. The van der Waals surface area contributed by atoms with Gasteiger partial charge in [0.2, 0.25) is 5.89 Å². The zero-order valence-corrected chi connectivity index (χ0v) is 17.3. The van der Waals surface area contributed by atoms with Crippen LogP contribution in [0.2, 0.25) is 0 Å². The number of nitrogens with zero attached hydrogens (tertiary/aromatic N) is 2. The summed E-state index contributed by atoms with van der Waals surface area (Å²) in [7, 11) is -2.28. The predicted octanol–water partition coefficient (Wildman–Crippen LogP) is 4.87. The lowest BCUT2D eigenvalue weighted by Gasteiger charge is -2.24. The summed E-state index contributed by atoms with van der Waals surface area (Å²) in [4.78, 5) is 5.35. The smallest absolute Gasteiger partial charge is 0.274 e. The summed E-state index contributed by atoms with van der Waals surface area (Å²) in [5.41, 5.74) is 0.952. The van der Waals surface area contributed by atoms with Crippen molar-refractivity contribution in [3.05, 3.63) is 71.2 Å². The van der Waals surface area contributed by atoms with Crippen LogP contribution >= 0.6 is 22.7 Å². The van der Waals surface area contributed by atoms with Gasteiger partial charge in [-0.1, -0.05) is 24.3 Å². The van der Waals surface area contributed by atoms with Gasteiger partial charge >= 0.3 is 0 Å². The molecule has 9 heteroatoms. The summed E-state index contributed by atoms with van der Waals surface area (Å²) < 4.78 is 39.2. The normalized spacial score (nSPS) is 11.5. The van der Waals surface area contributed by atoms with Crippen molar-refractivity contribution in [1.29, 1.82) is 0 Å². The van der Waals surface area contributed by atoms with Crippen molar-refractivity contribution in [1.82, 2.24) is 4.98 Å². The number of methoxy groups -OCH3 is 1. The molecule has 0 spiro atoms. The molecule has 0 unspecified atom stereocenters. The fourth-order valence-electron chi connectivity index (χ4n) is 2.69. The Morgan fingerprint density at radius 1 is 1.07 bits per heavy atom. The summed E-state index contributed by atoms with van der Waals surface area (Å²) >= 11 is 2.68. The summed E-state index contributed by atoms with van der Waals surface area (Å²) in [5, 5.41) is 3.67. The maximum atomic E-state index is 13.3. The van der Waals surface area contributed by atoms with Gasteiger partial charge < -0.3 is 9.15 Å². The SMILES string of the molecule is COc1ccccc1N(Cc1coc(-c2cccs2)n1)S(=O)(=O)c1cccs1. The van der Waals surface area contributed by atoms with E-state index >= 15 is 0 Å². The summed E-state index contributed by atoms with van der Waals surface area (Å²) in [6.07, 6.45) is 1.49. The summed E-state index contributed by atoms with van der Waals surface area (Å²) in [6.45, 7) is 0.0233. The van der Waals surface area contributed by atoms with Crippen LogP contribution in [0.15, 0.2) is 74.2 Å². The quantitative estimate of drug-likeness (QED) is 0.417. The number of anilines is 1. The molecule has 0 aliphatic rings. The molecule has 3 heterocycles. The van der Waals surface area contributed by atoms with Gasteiger partial charge in [0.05, 0.1) is 24.2 Å². The average molecular weight is 433 g/mol. The third-order valence-electron chi connectivity index (χ3n) is 3.98. The molecule has 144 valence electrons. The van der Waals surface area contributed by atoms with Crippen molar-refractivity contribution in [2.45, 2.75) is 10.8 Å². The highest BCUT2D eigenvalue weighted by Crippen LogP contribution is 2.35. The zero-order chi connectivity index (χ0) is 19.6. The second-order valence-corrected chi connectivity index (χ2v) is 9.72. The maximum absolute atomic E-state index is 13.3. The van der Waals surface area contributed by atoms with Gasteiger partial charge in [-0.05, 0) is 35.0 Å². The van der Waals surface area contributed by atoms with E-state index in [0.717, 1.165) is 4.88 Å². The van der Waals surface area contributed by atoms with Gasteiger partial charge in [0, 0.05) is 0 Å². The molecule has 0 N–H and O–H groups in total. The molecule has 0 amide bonds. The molecule has 0 aliphatic heterocycles. The highest BCUT2D eigenvalue weighted by molar-refractivity contribution is 7.94. The molecule has 0 bridgehead atoms. The van der Waals surface area contributed by atoms with Gasteiger partial charge in [0.25, 0.3) is 10.0 Å². The second kappa shape index (κ2) is 7.78. The van der Waals surface area contributed by atoms with E-state index < -0.39 is 10.0 Å². The van der Waals surface area contributed by atoms with Crippen LogP contribution < -0.4 is 9.04 Å². The van der Waals surface area contributed by atoms with Crippen molar-refractivity contribution in [2.24, 2.45) is 0 Å². The minimum atomic E-state index is -3.79. The molecule has 0 saturated heterocycles. The predicted molar refractivity (Wildman–Crippen MR) is 110 cm³/mol. The number of ether oxygens (including phenoxy) is 1. The fourth-order valence-corrected chi connectivity index (χ4v) is 5.90. The second-order valence-electron chi connectivity index (χ2n) is 5.74. The lowest BCUT2D eigenvalue weighted by Crippen LogP contribution is -2.30. The molecule has 4 rings (SSSR count). The number of thiophene rings is 2. The van der Waals surface area contributed by atoms with Crippen molar-refractivity contribution in [3.8, 4) is 16.5 Å². The van der Waals surface area contributed by atoms with Gasteiger partial charge in [-0.2, -0.15) is 0 Å². The van der Waals surface area contributed by atoms with Crippen LogP contribution in [0, 0.1) is 0 Å². The third-order valence-corrected chi connectivity index (χ3v) is 7.97. The summed E-state index contributed by atoms with van der Waals surface area (Å²) in [6, 6.07) is 14.1. The fraction of sp³-hybridized carbons (Fsp3) is 0.105. The number of para-hydroxylation sites is 2. The number of hydrogen-bond acceptors (Lipinski definition) is 7. The number of aromatic nitrogens is 1. The van der Waals surface area contributed by atoms with Crippen LogP contribution in [0.4, 0.5) is 5.69 Å². The first-order valence-corrected chi connectivity index (χ1v) is 11.5. The topological polar surface area (TPSA) is 72.6 Å². The molecule has 3 aromatic heterocycles. The summed E-state index contributed by atoms with van der Waals surface area (Å²) in [5.74, 6) is 0.933. The van der Waals surface area contributed by atoms with Crippen molar-refractivity contribution >= 4 is 38.4 Å². The van der Waals surface area contributed by atoms with E-state index in [9.17, 15) is 8.42 Å². The number of sulfonamides is 1. The molecular formula is C19H16N2O4S3. The Kier molecular flexibility index (Phi) is 5.21. The molecule has 4 aromatic rings. The minimum Gasteiger partial charge on any atom is -0.495 e. The zero-order valence-electron chi connectivity index (χ0n) is 14.8. The van der Waals surface area contributed by atoms with Crippen LogP contribution in [-0.4, -0.2) is 20.5 Å². The van der Waals surface area contributed by atoms with E-state index in [1.54, 1.807) is 41.8 Å². The van der Waals surface area contributed by atoms with Gasteiger partial charge in [-0.25, -0.2) is 13.4 Å². The lowest BCUT2D eigenvalue weighted by atomic mass is 10.3. The molecule has 0 saturated carbocycles. The van der Waals surface area contributed by atoms with Crippen LogP contribution in [0.5, 0.6) is 5.75 Å². The number of rotatable bonds is 7. The van der Waals surface area contributed by atoms with E-state index in [4.69, 9.17) is 9.15 Å². The lowest BCUT2D eigenvalue weighted by molar-refractivity contribution is 0.415. The molecular weight excluding hydrogens is 416 g/mol. The Hall–Kier alpha value is -2.62. The molecule has 0 fully saturated rings. The van der Waals surface area contributed by atoms with Crippen LogP contribution in [0.3, 0.4) is 0 Å². The number of oxazole rings is 1. The monoisotopic (exact) mass is 432 g/mol. The first kappa shape index (κ1) is 18.7. The molecule has 1 aromatic carbocycles. The molecule has 28 heavy (non-hydrogen) atoms. The van der Waals surface area contributed by atoms with Gasteiger partial charge in [-0.15, -0.1) is 22.7 Å². The largest absolute Gasteiger partial charge is 0.495 e. The molecule has 0 radical (unpaired) electrons. The van der Waals surface area contributed by atoms with E-state index in [-0.39, 0.29) is 10.8 Å². The Bertz CT molecular complexity index is 1150. The van der Waals surface area contributed by atoms with Gasteiger partial charge in [0.15, 0.2) is 0 Å². The van der Waals surface area contributed by atoms with Gasteiger partial charge in [0.1, 0.15) is 21.9 Å². The Morgan fingerprint density at radius 3 is 2.57 bits per heavy atom. The number of hydrogen-bond donors (Lipinski definition) is 0. The van der Waals surface area contributed by atoms with Crippen molar-refractivity contribution in [2.75, 3.05) is 11.4 Å². The van der Waals surface area contributed by atoms with Crippen molar-refractivity contribution in [3.63, 3.8) is 0 Å². The van der Waals surface area contributed by atoms with Gasteiger partial charge in [-0.3, -0.25) is 4.31 Å². The van der Waals surface area contributed by atoms with Crippen LogP contribution in [0.1, 0.15) is 5.69 Å². The van der Waals surface area contributed by atoms with Crippen LogP contribution in [0.25, 0.3) is 10.8 Å². The standard InChI is InChI=1S/C19H16N2O4S3/c1-24-16-7-3-2-6-15(16)21(28(22,23)18-9-5-11-27-18)12-14-13-25-19(20-14)17-8-4-10-26-17/h2-11,13H,12H2,1H3. The number of benzene rings is 1. The van der Waals surface area contributed by atoms with E-state index in [2.05, 4.69) is 4.98 Å². The first-order chi connectivity index (χ1) is 13.6. The van der Waals surface area contributed by atoms with Crippen LogP contribution in [-0.2, 0) is 16.6 Å². The highest BCUT2D eigenvalue weighted by atomic mass is 32.2. The third kappa shape index (κ3) is 3.56. The minimum absolute atomic E-state index is 0.0233. The van der Waals surface area contributed by atoms with E-state index in [1.807, 2.05) is 17.5 Å². The van der Waals surface area contributed by atoms with Crippen molar-refractivity contribution < 1.29 is 17.6 Å². The average Bonchev–Trinajstić information content (AvgIpc) is 3.48. The molecule has 6 nitrogen and oxygen atoms in total. The Balaban J connectivity index is 1.76. The molecule has 0 aliphatic carbocycles. The Morgan fingerprint density at radius 2 is 1.86 bits per heavy atom. The highest BCUT2D eigenvalue weighted by Gasteiger charge is 2.29. The Labute approximate surface area is 170 Å². The van der Waals surface area contributed by atoms with E-state index in [1.165, 1.54) is 40.4 Å². The first-order valence-electron chi connectivity index (χ1n) is 8.27. The maximum Gasteiger partial charge on any atom is 0.274 e. The van der Waals surface area contributed by atoms with E-state index in [0.29, 0.717) is 23.0 Å².